The van der Waals surface area contributed by atoms with Gasteiger partial charge in [0.1, 0.15) is 0 Å². The second kappa shape index (κ2) is 5.33. The van der Waals surface area contributed by atoms with Gasteiger partial charge in [-0.2, -0.15) is 0 Å². The second-order valence-corrected chi connectivity index (χ2v) is 5.82. The van der Waals surface area contributed by atoms with Crippen LogP contribution in [0.25, 0.3) is 0 Å². The van der Waals surface area contributed by atoms with Crippen LogP contribution in [-0.4, -0.2) is 35.1 Å². The van der Waals surface area contributed by atoms with E-state index in [1.54, 1.807) is 12.1 Å². The molecule has 0 radical (unpaired) electrons. The van der Waals surface area contributed by atoms with Crippen molar-refractivity contribution in [3.8, 4) is 0 Å². The van der Waals surface area contributed by atoms with Gasteiger partial charge in [-0.3, -0.25) is 0 Å². The lowest BCUT2D eigenvalue weighted by molar-refractivity contribution is 0.0697. The molecule has 3 heteroatoms. The summed E-state index contributed by atoms with van der Waals surface area (Å²) in [5.41, 5.74) is 1.69. The molecule has 1 aliphatic carbocycles. The lowest BCUT2D eigenvalue weighted by atomic mass is 9.85. The average Bonchev–Trinajstić information content (AvgIpc) is 2.38. The van der Waals surface area contributed by atoms with Crippen molar-refractivity contribution in [3.63, 3.8) is 0 Å². The molecule has 102 valence electrons. The van der Waals surface area contributed by atoms with Crippen LogP contribution in [0.5, 0.6) is 0 Å². The van der Waals surface area contributed by atoms with Crippen LogP contribution < -0.4 is 0 Å². The summed E-state index contributed by atoms with van der Waals surface area (Å²) >= 11 is 0. The molecule has 2 fully saturated rings. The minimum Gasteiger partial charge on any atom is -0.478 e. The summed E-state index contributed by atoms with van der Waals surface area (Å²) in [5.74, 6) is -0.231. The number of piperidine rings is 1. The van der Waals surface area contributed by atoms with Crippen molar-refractivity contribution in [3.05, 3.63) is 35.4 Å². The topological polar surface area (TPSA) is 40.5 Å². The third-order valence-corrected chi connectivity index (χ3v) is 4.75. The van der Waals surface area contributed by atoms with Crippen molar-refractivity contribution >= 4 is 5.97 Å². The largest absolute Gasteiger partial charge is 0.478 e. The van der Waals surface area contributed by atoms with E-state index in [0.717, 1.165) is 6.04 Å². The van der Waals surface area contributed by atoms with Crippen LogP contribution in [0, 0.1) is 0 Å². The molecule has 0 atom stereocenters. The maximum atomic E-state index is 10.8. The molecule has 0 unspecified atom stereocenters. The molecule has 0 aromatic heterocycles. The molecule has 1 saturated carbocycles. The Kier molecular flexibility index (Phi) is 3.56. The van der Waals surface area contributed by atoms with E-state index >= 15 is 0 Å². The number of rotatable bonds is 3. The third kappa shape index (κ3) is 2.66. The van der Waals surface area contributed by atoms with Crippen molar-refractivity contribution in [1.82, 2.24) is 4.90 Å². The Hall–Kier alpha value is -1.35. The van der Waals surface area contributed by atoms with E-state index in [4.69, 9.17) is 5.11 Å². The van der Waals surface area contributed by atoms with E-state index in [9.17, 15) is 4.79 Å². The molecule has 1 N–H and O–H groups in total. The summed E-state index contributed by atoms with van der Waals surface area (Å²) < 4.78 is 0. The van der Waals surface area contributed by atoms with E-state index in [0.29, 0.717) is 11.5 Å². The number of benzene rings is 1. The van der Waals surface area contributed by atoms with Gasteiger partial charge in [0.15, 0.2) is 0 Å². The maximum Gasteiger partial charge on any atom is 0.335 e. The Balaban J connectivity index is 1.59. The molecule has 19 heavy (non-hydrogen) atoms. The fraction of sp³-hybridized carbons (Fsp3) is 0.562. The lowest BCUT2D eigenvalue weighted by Gasteiger charge is -2.41. The number of hydrogen-bond acceptors (Lipinski definition) is 2. The zero-order chi connectivity index (χ0) is 13.2. The van der Waals surface area contributed by atoms with Crippen LogP contribution in [0.1, 0.15) is 53.9 Å². The molecule has 2 aliphatic rings. The van der Waals surface area contributed by atoms with Gasteiger partial charge in [0, 0.05) is 6.04 Å². The number of carboxylic acids is 1. The van der Waals surface area contributed by atoms with Crippen molar-refractivity contribution in [2.24, 2.45) is 0 Å². The Morgan fingerprint density at radius 3 is 2.16 bits per heavy atom. The maximum absolute atomic E-state index is 10.8. The molecule has 1 aromatic carbocycles. The molecule has 3 nitrogen and oxygen atoms in total. The van der Waals surface area contributed by atoms with Crippen LogP contribution in [0.15, 0.2) is 24.3 Å². The average molecular weight is 259 g/mol. The van der Waals surface area contributed by atoms with Gasteiger partial charge < -0.3 is 10.0 Å². The fourth-order valence-electron chi connectivity index (χ4n) is 3.25. The predicted molar refractivity (Wildman–Crippen MR) is 74.6 cm³/mol. The predicted octanol–water partition coefficient (Wildman–Crippen LogP) is 3.12. The Labute approximate surface area is 114 Å². The number of nitrogens with zero attached hydrogens (tertiary/aromatic N) is 1. The number of hydrogen-bond donors (Lipinski definition) is 1. The van der Waals surface area contributed by atoms with Gasteiger partial charge >= 0.3 is 5.97 Å². The normalized spacial score (nSPS) is 22.1. The Morgan fingerprint density at radius 2 is 1.68 bits per heavy atom. The second-order valence-electron chi connectivity index (χ2n) is 5.82. The van der Waals surface area contributed by atoms with Gasteiger partial charge in [-0.05, 0) is 62.4 Å². The van der Waals surface area contributed by atoms with Gasteiger partial charge in [0.05, 0.1) is 5.56 Å². The zero-order valence-corrected chi connectivity index (χ0v) is 11.2. The van der Waals surface area contributed by atoms with Gasteiger partial charge in [-0.15, -0.1) is 0 Å². The van der Waals surface area contributed by atoms with Crippen LogP contribution in [-0.2, 0) is 0 Å². The third-order valence-electron chi connectivity index (χ3n) is 4.75. The molecule has 1 aliphatic heterocycles. The molecule has 1 saturated heterocycles. The van der Waals surface area contributed by atoms with Gasteiger partial charge in [-0.1, -0.05) is 18.6 Å². The Bertz CT molecular complexity index is 442. The highest BCUT2D eigenvalue weighted by Crippen LogP contribution is 2.33. The van der Waals surface area contributed by atoms with Crippen molar-refractivity contribution in [1.29, 1.82) is 0 Å². The molecule has 0 spiro atoms. The Morgan fingerprint density at radius 1 is 1.05 bits per heavy atom. The number of likely N-dealkylation sites (tertiary alicyclic amines) is 1. The first kappa shape index (κ1) is 12.7. The minimum absolute atomic E-state index is 0.385. The van der Waals surface area contributed by atoms with E-state index in [-0.39, 0.29) is 0 Å². The zero-order valence-electron chi connectivity index (χ0n) is 11.2. The summed E-state index contributed by atoms with van der Waals surface area (Å²) in [5, 5.41) is 8.91. The van der Waals surface area contributed by atoms with E-state index in [1.165, 1.54) is 50.8 Å². The highest BCUT2D eigenvalue weighted by atomic mass is 16.4. The first-order valence-electron chi connectivity index (χ1n) is 7.31. The smallest absolute Gasteiger partial charge is 0.335 e. The summed E-state index contributed by atoms with van der Waals surface area (Å²) in [6.45, 7) is 2.41. The molecule has 1 aromatic rings. The first-order chi connectivity index (χ1) is 9.24. The van der Waals surface area contributed by atoms with Crippen LogP contribution >= 0.6 is 0 Å². The molecule has 3 rings (SSSR count). The van der Waals surface area contributed by atoms with Crippen molar-refractivity contribution in [2.45, 2.75) is 44.1 Å². The highest BCUT2D eigenvalue weighted by molar-refractivity contribution is 5.87. The number of aromatic carboxylic acids is 1. The van der Waals surface area contributed by atoms with Crippen LogP contribution in [0.4, 0.5) is 0 Å². The first-order valence-corrected chi connectivity index (χ1v) is 7.31. The van der Waals surface area contributed by atoms with E-state index in [1.807, 2.05) is 12.1 Å². The minimum atomic E-state index is -0.841. The molecular weight excluding hydrogens is 238 g/mol. The molecule has 0 amide bonds. The lowest BCUT2D eigenvalue weighted by Crippen LogP contribution is -2.44. The SMILES string of the molecule is O=C(O)c1ccc(C2CCN(C3CCC3)CC2)cc1. The molecule has 1 heterocycles. The quantitative estimate of drug-likeness (QED) is 0.906. The number of carboxylic acid groups (broad SMARTS) is 1. The summed E-state index contributed by atoms with van der Waals surface area (Å²) in [7, 11) is 0. The van der Waals surface area contributed by atoms with Gasteiger partial charge in [-0.25, -0.2) is 4.79 Å². The van der Waals surface area contributed by atoms with E-state index < -0.39 is 5.97 Å². The van der Waals surface area contributed by atoms with Crippen LogP contribution in [0.3, 0.4) is 0 Å². The molecule has 0 bridgehead atoms. The highest BCUT2D eigenvalue weighted by Gasteiger charge is 2.29. The summed E-state index contributed by atoms with van der Waals surface area (Å²) in [6.07, 6.45) is 6.60. The monoisotopic (exact) mass is 259 g/mol. The van der Waals surface area contributed by atoms with E-state index in [2.05, 4.69) is 4.90 Å². The van der Waals surface area contributed by atoms with Crippen molar-refractivity contribution < 1.29 is 9.90 Å². The number of carbonyl (C=O) groups is 1. The van der Waals surface area contributed by atoms with Crippen molar-refractivity contribution in [2.75, 3.05) is 13.1 Å². The van der Waals surface area contributed by atoms with Gasteiger partial charge in [0.2, 0.25) is 0 Å². The molecular formula is C16H21NO2. The summed E-state index contributed by atoms with van der Waals surface area (Å²) in [6, 6.07) is 8.31. The fourth-order valence-corrected chi connectivity index (χ4v) is 3.25. The summed E-state index contributed by atoms with van der Waals surface area (Å²) in [4.78, 5) is 13.5. The van der Waals surface area contributed by atoms with Crippen LogP contribution in [0.2, 0.25) is 0 Å². The van der Waals surface area contributed by atoms with Gasteiger partial charge in [0.25, 0.3) is 0 Å². The standard InChI is InChI=1S/C16H21NO2/c18-16(19)14-6-4-12(5-7-14)13-8-10-17(11-9-13)15-2-1-3-15/h4-7,13,15H,1-3,8-11H2,(H,18,19).